The molecule has 0 spiro atoms. The van der Waals surface area contributed by atoms with Crippen LogP contribution in [-0.4, -0.2) is 23.7 Å². The molecule has 1 unspecified atom stereocenters. The van der Waals surface area contributed by atoms with Crippen molar-refractivity contribution in [3.63, 3.8) is 0 Å². The van der Waals surface area contributed by atoms with Gasteiger partial charge < -0.3 is 5.32 Å². The Morgan fingerprint density at radius 1 is 1.25 bits per heavy atom. The van der Waals surface area contributed by atoms with Gasteiger partial charge in [-0.15, -0.1) is 13.2 Å². The van der Waals surface area contributed by atoms with Crippen molar-refractivity contribution in [3.05, 3.63) is 84.2 Å². The van der Waals surface area contributed by atoms with Crippen molar-refractivity contribution < 1.29 is 4.39 Å². The Bertz CT molecular complexity index is 710. The first-order chi connectivity index (χ1) is 13.6. The number of hydrogen-bond acceptors (Lipinski definition) is 4. The standard InChI is InChI=1S/C15H22FN.C6H7N3.C2H4/c1-5-7-8-12-9-11(3)14(16)10-13(12)15(6-2)17-4;1-7-5-6-8-3-2-4-9-6;1-2/h5,7,9-10,15,17H,6,8H2,1-4H3;2-4H,1,5H2;1-2H2/b7-5-;;. The second-order valence-corrected chi connectivity index (χ2v) is 5.87. The van der Waals surface area contributed by atoms with E-state index in [0.29, 0.717) is 12.4 Å². The van der Waals surface area contributed by atoms with Crippen molar-refractivity contribution in [2.75, 3.05) is 7.05 Å². The first-order valence-corrected chi connectivity index (χ1v) is 9.33. The highest BCUT2D eigenvalue weighted by atomic mass is 19.1. The number of hydrogen-bond donors (Lipinski definition) is 1. The zero-order valence-electron chi connectivity index (χ0n) is 17.6. The third-order valence-electron chi connectivity index (χ3n) is 4.00. The molecule has 0 bridgehead atoms. The first-order valence-electron chi connectivity index (χ1n) is 9.33. The highest BCUT2D eigenvalue weighted by Crippen LogP contribution is 2.24. The lowest BCUT2D eigenvalue weighted by Crippen LogP contribution is -2.17. The van der Waals surface area contributed by atoms with E-state index in [4.69, 9.17) is 0 Å². The smallest absolute Gasteiger partial charge is 0.149 e. The number of nitrogens with one attached hydrogen (secondary N) is 1. The number of aromatic nitrogens is 2. The van der Waals surface area contributed by atoms with Crippen LogP contribution in [0.2, 0.25) is 0 Å². The highest BCUT2D eigenvalue weighted by molar-refractivity contribution is 5.36. The van der Waals surface area contributed by atoms with Crippen LogP contribution in [0.25, 0.3) is 0 Å². The number of allylic oxidation sites excluding steroid dienone is 2. The monoisotopic (exact) mass is 384 g/mol. The van der Waals surface area contributed by atoms with Crippen LogP contribution in [0.5, 0.6) is 0 Å². The summed E-state index contributed by atoms with van der Waals surface area (Å²) in [5.74, 6) is 0.602. The maximum absolute atomic E-state index is 13.7. The number of nitrogens with zero attached hydrogens (tertiary/aromatic N) is 3. The van der Waals surface area contributed by atoms with Crippen LogP contribution in [0.4, 0.5) is 4.39 Å². The second kappa shape index (κ2) is 15.4. The molecule has 0 amide bonds. The van der Waals surface area contributed by atoms with Crippen molar-refractivity contribution >= 4 is 6.72 Å². The molecule has 0 radical (unpaired) electrons. The van der Waals surface area contributed by atoms with Gasteiger partial charge in [0, 0.05) is 18.4 Å². The third-order valence-corrected chi connectivity index (χ3v) is 4.00. The van der Waals surface area contributed by atoms with Crippen LogP contribution in [0.3, 0.4) is 0 Å². The van der Waals surface area contributed by atoms with E-state index in [0.717, 1.165) is 24.0 Å². The fourth-order valence-electron chi connectivity index (χ4n) is 2.59. The molecule has 0 aliphatic carbocycles. The van der Waals surface area contributed by atoms with E-state index in [9.17, 15) is 4.39 Å². The van der Waals surface area contributed by atoms with Gasteiger partial charge in [0.1, 0.15) is 11.6 Å². The van der Waals surface area contributed by atoms with Gasteiger partial charge in [-0.2, -0.15) is 0 Å². The largest absolute Gasteiger partial charge is 0.313 e. The second-order valence-electron chi connectivity index (χ2n) is 5.87. The topological polar surface area (TPSA) is 50.2 Å². The van der Waals surface area contributed by atoms with E-state index in [1.807, 2.05) is 33.0 Å². The molecule has 2 aromatic rings. The minimum Gasteiger partial charge on any atom is -0.313 e. The Hall–Kier alpha value is -2.66. The zero-order valence-corrected chi connectivity index (χ0v) is 17.6. The minimum atomic E-state index is -0.113. The summed E-state index contributed by atoms with van der Waals surface area (Å²) in [6.07, 6.45) is 9.34. The van der Waals surface area contributed by atoms with Crippen molar-refractivity contribution in [2.45, 2.75) is 46.2 Å². The van der Waals surface area contributed by atoms with E-state index >= 15 is 0 Å². The van der Waals surface area contributed by atoms with E-state index in [1.165, 1.54) is 5.56 Å². The molecule has 152 valence electrons. The molecule has 4 nitrogen and oxygen atoms in total. The number of aryl methyl sites for hydroxylation is 1. The van der Waals surface area contributed by atoms with E-state index in [1.54, 1.807) is 24.5 Å². The molecule has 5 heteroatoms. The Kier molecular flexibility index (Phi) is 13.9. The van der Waals surface area contributed by atoms with Gasteiger partial charge in [-0.25, -0.2) is 14.4 Å². The van der Waals surface area contributed by atoms with Crippen molar-refractivity contribution in [1.82, 2.24) is 15.3 Å². The van der Waals surface area contributed by atoms with Crippen LogP contribution < -0.4 is 5.32 Å². The van der Waals surface area contributed by atoms with Crippen LogP contribution in [0.15, 0.2) is 60.9 Å². The van der Waals surface area contributed by atoms with Gasteiger partial charge in [-0.3, -0.25) is 4.99 Å². The molecule has 0 saturated carbocycles. The molecular formula is C23H33FN4. The average molecular weight is 385 g/mol. The normalized spacial score (nSPS) is 11.0. The molecule has 1 aromatic carbocycles. The van der Waals surface area contributed by atoms with Crippen LogP contribution >= 0.6 is 0 Å². The van der Waals surface area contributed by atoms with Gasteiger partial charge in [-0.05, 0) is 69.3 Å². The lowest BCUT2D eigenvalue weighted by Gasteiger charge is -2.19. The highest BCUT2D eigenvalue weighted by Gasteiger charge is 2.13. The lowest BCUT2D eigenvalue weighted by atomic mass is 9.94. The third kappa shape index (κ3) is 8.82. The molecule has 28 heavy (non-hydrogen) atoms. The van der Waals surface area contributed by atoms with Gasteiger partial charge in [0.05, 0.1) is 6.54 Å². The fraction of sp³-hybridized carbons (Fsp3) is 0.348. The molecule has 0 aliphatic heterocycles. The molecule has 1 atom stereocenters. The van der Waals surface area contributed by atoms with Gasteiger partial charge in [0.15, 0.2) is 0 Å². The zero-order chi connectivity index (χ0) is 21.4. The fourth-order valence-corrected chi connectivity index (χ4v) is 2.59. The average Bonchev–Trinajstić information content (AvgIpc) is 2.73. The Labute approximate surface area is 169 Å². The Balaban J connectivity index is 0.000000556. The number of benzene rings is 1. The van der Waals surface area contributed by atoms with Crippen LogP contribution in [0, 0.1) is 12.7 Å². The molecule has 1 N–H and O–H groups in total. The Morgan fingerprint density at radius 3 is 2.39 bits per heavy atom. The molecule has 1 aromatic heterocycles. The summed E-state index contributed by atoms with van der Waals surface area (Å²) in [6, 6.07) is 5.64. The van der Waals surface area contributed by atoms with Crippen molar-refractivity contribution in [3.8, 4) is 0 Å². The molecule has 0 saturated heterocycles. The summed E-state index contributed by atoms with van der Waals surface area (Å²) >= 11 is 0. The molecule has 0 fully saturated rings. The predicted octanol–water partition coefficient (Wildman–Crippen LogP) is 5.40. The van der Waals surface area contributed by atoms with Crippen LogP contribution in [0.1, 0.15) is 48.8 Å². The summed E-state index contributed by atoms with van der Waals surface area (Å²) in [5, 5.41) is 3.24. The minimum absolute atomic E-state index is 0.113. The van der Waals surface area contributed by atoms with Gasteiger partial charge in [-0.1, -0.05) is 25.1 Å². The molecule has 0 aliphatic rings. The summed E-state index contributed by atoms with van der Waals surface area (Å²) < 4.78 is 13.7. The summed E-state index contributed by atoms with van der Waals surface area (Å²) in [5.41, 5.74) is 3.01. The van der Waals surface area contributed by atoms with E-state index in [2.05, 4.69) is 53.2 Å². The van der Waals surface area contributed by atoms with E-state index in [-0.39, 0.29) is 11.9 Å². The summed E-state index contributed by atoms with van der Waals surface area (Å²) in [7, 11) is 1.92. The molecule has 1 heterocycles. The first kappa shape index (κ1) is 25.3. The molecular weight excluding hydrogens is 351 g/mol. The number of rotatable bonds is 7. The SMILES string of the molecule is C/C=C\Cc1cc(C)c(F)cc1C(CC)NC.C=C.C=NCc1ncccn1. The number of aliphatic imine (C=N–C) groups is 1. The number of halogens is 1. The predicted molar refractivity (Wildman–Crippen MR) is 118 cm³/mol. The summed E-state index contributed by atoms with van der Waals surface area (Å²) in [4.78, 5) is 11.5. The van der Waals surface area contributed by atoms with Gasteiger partial charge in [0.2, 0.25) is 0 Å². The van der Waals surface area contributed by atoms with Crippen molar-refractivity contribution in [2.24, 2.45) is 4.99 Å². The maximum atomic E-state index is 13.7. The molecule has 2 rings (SSSR count). The van der Waals surface area contributed by atoms with Crippen molar-refractivity contribution in [1.29, 1.82) is 0 Å². The quantitative estimate of drug-likeness (QED) is 0.513. The Morgan fingerprint density at radius 2 is 1.89 bits per heavy atom. The maximum Gasteiger partial charge on any atom is 0.149 e. The lowest BCUT2D eigenvalue weighted by molar-refractivity contribution is 0.559. The summed E-state index contributed by atoms with van der Waals surface area (Å²) in [6.45, 7) is 15.8. The van der Waals surface area contributed by atoms with Gasteiger partial charge >= 0.3 is 0 Å². The van der Waals surface area contributed by atoms with E-state index < -0.39 is 0 Å². The van der Waals surface area contributed by atoms with Gasteiger partial charge in [0.25, 0.3) is 0 Å². The van der Waals surface area contributed by atoms with Crippen LogP contribution in [-0.2, 0) is 13.0 Å².